The number of rotatable bonds is 7. The normalized spacial score (nSPS) is 10.5. The average Bonchev–Trinajstić information content (AvgIpc) is 2.67. The molecule has 0 fully saturated rings. The molecule has 3 nitrogen and oxygen atoms in total. The van der Waals surface area contributed by atoms with Crippen molar-refractivity contribution >= 4 is 40.5 Å². The molecule has 0 saturated heterocycles. The molecule has 0 amide bonds. The molecule has 27 heavy (non-hydrogen) atoms. The van der Waals surface area contributed by atoms with E-state index in [2.05, 4.69) is 5.32 Å². The van der Waals surface area contributed by atoms with Crippen molar-refractivity contribution in [3.05, 3.63) is 86.9 Å². The molecule has 0 spiro atoms. The van der Waals surface area contributed by atoms with E-state index >= 15 is 0 Å². The Morgan fingerprint density at radius 1 is 0.852 bits per heavy atom. The lowest BCUT2D eigenvalue weighted by atomic mass is 10.2. The summed E-state index contributed by atoms with van der Waals surface area (Å²) in [6.07, 6.45) is 0. The van der Waals surface area contributed by atoms with Gasteiger partial charge in [-0.1, -0.05) is 59.1 Å². The minimum absolute atomic E-state index is 0.366. The van der Waals surface area contributed by atoms with E-state index in [4.69, 9.17) is 44.3 Å². The zero-order chi connectivity index (χ0) is 19.2. The molecular formula is C21H18Cl3NO2. The third-order valence-corrected chi connectivity index (χ3v) is 4.80. The monoisotopic (exact) mass is 421 g/mol. The standard InChI is InChI=1S/C21H18Cl3NO2/c1-26-20-11-15(12-25-19-5-3-2-4-17(19)23)10-18(24)21(20)27-13-14-6-8-16(22)9-7-14/h2-11,25H,12-13H2,1H3. The molecule has 3 rings (SSSR count). The number of ether oxygens (including phenoxy) is 2. The van der Waals surface area contributed by atoms with Gasteiger partial charge in [0.05, 0.1) is 22.8 Å². The summed E-state index contributed by atoms with van der Waals surface area (Å²) in [5.41, 5.74) is 2.80. The summed E-state index contributed by atoms with van der Waals surface area (Å²) in [5.74, 6) is 1.09. The van der Waals surface area contributed by atoms with Crippen LogP contribution < -0.4 is 14.8 Å². The lowest BCUT2D eigenvalue weighted by Crippen LogP contribution is -2.03. The van der Waals surface area contributed by atoms with E-state index in [9.17, 15) is 0 Å². The summed E-state index contributed by atoms with van der Waals surface area (Å²) in [7, 11) is 1.59. The van der Waals surface area contributed by atoms with Crippen molar-refractivity contribution in [1.29, 1.82) is 0 Å². The highest BCUT2D eigenvalue weighted by Crippen LogP contribution is 2.37. The van der Waals surface area contributed by atoms with Crippen molar-refractivity contribution < 1.29 is 9.47 Å². The minimum atomic E-state index is 0.366. The van der Waals surface area contributed by atoms with Gasteiger partial charge in [0.2, 0.25) is 0 Å². The second-order valence-corrected chi connectivity index (χ2v) is 7.11. The summed E-state index contributed by atoms with van der Waals surface area (Å²) >= 11 is 18.5. The predicted octanol–water partition coefficient (Wildman–Crippen LogP) is 6.85. The van der Waals surface area contributed by atoms with Gasteiger partial charge in [-0.25, -0.2) is 0 Å². The van der Waals surface area contributed by atoms with Gasteiger partial charge in [-0.2, -0.15) is 0 Å². The van der Waals surface area contributed by atoms with Crippen LogP contribution >= 0.6 is 34.8 Å². The van der Waals surface area contributed by atoms with E-state index in [-0.39, 0.29) is 0 Å². The third-order valence-electron chi connectivity index (χ3n) is 3.94. The molecule has 0 aliphatic heterocycles. The van der Waals surface area contributed by atoms with Crippen molar-refractivity contribution in [2.24, 2.45) is 0 Å². The van der Waals surface area contributed by atoms with Crippen LogP contribution in [0.3, 0.4) is 0 Å². The van der Waals surface area contributed by atoms with Crippen molar-refractivity contribution in [3.63, 3.8) is 0 Å². The second-order valence-electron chi connectivity index (χ2n) is 5.86. The van der Waals surface area contributed by atoms with Crippen LogP contribution in [0.2, 0.25) is 15.1 Å². The van der Waals surface area contributed by atoms with Gasteiger partial charge in [0.1, 0.15) is 6.61 Å². The molecule has 0 bridgehead atoms. The van der Waals surface area contributed by atoms with Gasteiger partial charge < -0.3 is 14.8 Å². The molecule has 140 valence electrons. The zero-order valence-electron chi connectivity index (χ0n) is 14.6. The molecule has 0 radical (unpaired) electrons. The molecule has 6 heteroatoms. The molecule has 3 aromatic rings. The number of halogens is 3. The zero-order valence-corrected chi connectivity index (χ0v) is 16.9. The molecule has 0 unspecified atom stereocenters. The first-order valence-corrected chi connectivity index (χ1v) is 9.42. The van der Waals surface area contributed by atoms with E-state index in [0.29, 0.717) is 39.7 Å². The molecule has 0 atom stereocenters. The highest BCUT2D eigenvalue weighted by molar-refractivity contribution is 6.33. The van der Waals surface area contributed by atoms with Gasteiger partial charge in [0, 0.05) is 11.6 Å². The van der Waals surface area contributed by atoms with Crippen LogP contribution in [0, 0.1) is 0 Å². The number of nitrogens with one attached hydrogen (secondary N) is 1. The highest BCUT2D eigenvalue weighted by Gasteiger charge is 2.13. The summed E-state index contributed by atoms with van der Waals surface area (Å²) in [6.45, 7) is 0.918. The van der Waals surface area contributed by atoms with Crippen molar-refractivity contribution in [1.82, 2.24) is 0 Å². The Morgan fingerprint density at radius 3 is 2.30 bits per heavy atom. The van der Waals surface area contributed by atoms with Gasteiger partial charge in [-0.05, 0) is 47.5 Å². The lowest BCUT2D eigenvalue weighted by Gasteiger charge is -2.15. The first-order chi connectivity index (χ1) is 13.1. The average molecular weight is 423 g/mol. The Labute approximate surface area is 173 Å². The summed E-state index contributed by atoms with van der Waals surface area (Å²) in [6, 6.07) is 18.8. The SMILES string of the molecule is COc1cc(CNc2ccccc2Cl)cc(Cl)c1OCc1ccc(Cl)cc1. The number of para-hydroxylation sites is 1. The summed E-state index contributed by atoms with van der Waals surface area (Å²) in [5, 5.41) is 5.13. The molecule has 3 aromatic carbocycles. The summed E-state index contributed by atoms with van der Waals surface area (Å²) in [4.78, 5) is 0. The van der Waals surface area contributed by atoms with Gasteiger partial charge in [-0.3, -0.25) is 0 Å². The fourth-order valence-electron chi connectivity index (χ4n) is 2.55. The fraction of sp³-hybridized carbons (Fsp3) is 0.143. The number of anilines is 1. The lowest BCUT2D eigenvalue weighted by molar-refractivity contribution is 0.284. The quantitative estimate of drug-likeness (QED) is 0.452. The van der Waals surface area contributed by atoms with Gasteiger partial charge >= 0.3 is 0 Å². The largest absolute Gasteiger partial charge is 0.493 e. The van der Waals surface area contributed by atoms with Crippen molar-refractivity contribution in [3.8, 4) is 11.5 Å². The number of benzene rings is 3. The minimum Gasteiger partial charge on any atom is -0.493 e. The maximum atomic E-state index is 6.44. The Balaban J connectivity index is 1.72. The Kier molecular flexibility index (Phi) is 6.73. The van der Waals surface area contributed by atoms with Crippen LogP contribution in [0.25, 0.3) is 0 Å². The van der Waals surface area contributed by atoms with Crippen molar-refractivity contribution in [2.45, 2.75) is 13.2 Å². The van der Waals surface area contributed by atoms with Crippen LogP contribution in [-0.2, 0) is 13.2 Å². The van der Waals surface area contributed by atoms with Crippen LogP contribution in [0.15, 0.2) is 60.7 Å². The van der Waals surface area contributed by atoms with E-state index in [1.807, 2.05) is 60.7 Å². The van der Waals surface area contributed by atoms with E-state index < -0.39 is 0 Å². The predicted molar refractivity (Wildman–Crippen MR) is 113 cm³/mol. The smallest absolute Gasteiger partial charge is 0.180 e. The number of methoxy groups -OCH3 is 1. The molecule has 0 saturated carbocycles. The Hall–Kier alpha value is -2.07. The molecule has 0 aromatic heterocycles. The topological polar surface area (TPSA) is 30.5 Å². The molecule has 1 N–H and O–H groups in total. The van der Waals surface area contributed by atoms with Crippen LogP contribution in [0.4, 0.5) is 5.69 Å². The second kappa shape index (κ2) is 9.23. The Bertz CT molecular complexity index is 914. The maximum absolute atomic E-state index is 6.44. The van der Waals surface area contributed by atoms with E-state index in [1.165, 1.54) is 0 Å². The summed E-state index contributed by atoms with van der Waals surface area (Å²) < 4.78 is 11.3. The van der Waals surface area contributed by atoms with Crippen LogP contribution in [-0.4, -0.2) is 7.11 Å². The molecule has 0 heterocycles. The first-order valence-electron chi connectivity index (χ1n) is 8.29. The molecule has 0 aliphatic carbocycles. The molecular weight excluding hydrogens is 405 g/mol. The third kappa shape index (κ3) is 5.23. The number of hydrogen-bond donors (Lipinski definition) is 1. The van der Waals surface area contributed by atoms with Gasteiger partial charge in [-0.15, -0.1) is 0 Å². The first kappa shape index (κ1) is 19.7. The fourth-order valence-corrected chi connectivity index (χ4v) is 3.17. The highest BCUT2D eigenvalue weighted by atomic mass is 35.5. The van der Waals surface area contributed by atoms with Crippen molar-refractivity contribution in [2.75, 3.05) is 12.4 Å². The van der Waals surface area contributed by atoms with Gasteiger partial charge in [0.15, 0.2) is 11.5 Å². The van der Waals surface area contributed by atoms with Gasteiger partial charge in [0.25, 0.3) is 0 Å². The number of hydrogen-bond acceptors (Lipinski definition) is 3. The van der Waals surface area contributed by atoms with Crippen LogP contribution in [0.5, 0.6) is 11.5 Å². The Morgan fingerprint density at radius 2 is 1.59 bits per heavy atom. The maximum Gasteiger partial charge on any atom is 0.180 e. The van der Waals surface area contributed by atoms with E-state index in [0.717, 1.165) is 16.8 Å². The van der Waals surface area contributed by atoms with E-state index in [1.54, 1.807) is 7.11 Å². The van der Waals surface area contributed by atoms with Crippen LogP contribution in [0.1, 0.15) is 11.1 Å². The molecule has 0 aliphatic rings.